The Hall–Kier alpha value is -1.95. The molecule has 134 valence electrons. The molecule has 0 bridgehead atoms. The van der Waals surface area contributed by atoms with Crippen molar-refractivity contribution in [3.05, 3.63) is 23.8 Å². The van der Waals surface area contributed by atoms with Gasteiger partial charge in [0.15, 0.2) is 11.5 Å². The van der Waals surface area contributed by atoms with E-state index in [-0.39, 0.29) is 18.2 Å². The van der Waals surface area contributed by atoms with Crippen LogP contribution in [0.1, 0.15) is 32.8 Å². The molecule has 2 atom stereocenters. The van der Waals surface area contributed by atoms with Gasteiger partial charge in [-0.3, -0.25) is 0 Å². The number of hydrogen-bond donors (Lipinski definition) is 1. The van der Waals surface area contributed by atoms with E-state index in [1.165, 1.54) is 0 Å². The predicted molar refractivity (Wildman–Crippen MR) is 92.6 cm³/mol. The van der Waals surface area contributed by atoms with Gasteiger partial charge in [-0.15, -0.1) is 0 Å². The second-order valence-corrected chi connectivity index (χ2v) is 6.15. The Bertz CT molecular complexity index is 540. The molecule has 2 unspecified atom stereocenters. The highest BCUT2D eigenvalue weighted by Crippen LogP contribution is 2.28. The minimum atomic E-state index is -0.0673. The molecule has 0 spiro atoms. The molecule has 6 nitrogen and oxygen atoms in total. The van der Waals surface area contributed by atoms with E-state index < -0.39 is 0 Å². The lowest BCUT2D eigenvalue weighted by molar-refractivity contribution is -0.0545. The van der Waals surface area contributed by atoms with Crippen molar-refractivity contribution >= 4 is 6.03 Å². The molecule has 2 amide bonds. The van der Waals surface area contributed by atoms with Crippen LogP contribution in [-0.4, -0.2) is 49.9 Å². The van der Waals surface area contributed by atoms with E-state index in [0.717, 1.165) is 17.7 Å². The third kappa shape index (κ3) is 5.03. The van der Waals surface area contributed by atoms with Crippen molar-refractivity contribution in [2.75, 3.05) is 26.8 Å². The van der Waals surface area contributed by atoms with Gasteiger partial charge in [-0.1, -0.05) is 13.0 Å². The van der Waals surface area contributed by atoms with Crippen LogP contribution in [-0.2, 0) is 11.3 Å². The fourth-order valence-electron chi connectivity index (χ4n) is 2.79. The lowest BCUT2D eigenvalue weighted by Crippen LogP contribution is -2.51. The third-order valence-electron chi connectivity index (χ3n) is 3.84. The third-order valence-corrected chi connectivity index (χ3v) is 3.84. The molecule has 24 heavy (non-hydrogen) atoms. The van der Waals surface area contributed by atoms with Gasteiger partial charge in [0, 0.05) is 19.6 Å². The smallest absolute Gasteiger partial charge is 0.317 e. The van der Waals surface area contributed by atoms with E-state index in [9.17, 15) is 4.79 Å². The standard InChI is InChI=1S/C18H28N2O4/c1-5-8-23-16-7-6-15(9-17(16)22-4)10-19-18(21)20-11-13(2)24-14(3)12-20/h6-7,9,13-14H,5,8,10-12H2,1-4H3,(H,19,21). The van der Waals surface area contributed by atoms with Crippen LogP contribution < -0.4 is 14.8 Å². The summed E-state index contributed by atoms with van der Waals surface area (Å²) in [6, 6.07) is 5.66. The highest BCUT2D eigenvalue weighted by molar-refractivity contribution is 5.74. The SMILES string of the molecule is CCCOc1ccc(CNC(=O)N2CC(C)OC(C)C2)cc1OC. The normalized spacial score (nSPS) is 20.6. The molecule has 6 heteroatoms. The number of nitrogens with one attached hydrogen (secondary N) is 1. The Kier molecular flexibility index (Phi) is 6.73. The molecule has 0 aromatic heterocycles. The summed E-state index contributed by atoms with van der Waals surface area (Å²) in [5.41, 5.74) is 0.971. The monoisotopic (exact) mass is 336 g/mol. The Labute approximate surface area is 144 Å². The maximum atomic E-state index is 12.3. The zero-order valence-corrected chi connectivity index (χ0v) is 15.0. The molecule has 1 N–H and O–H groups in total. The van der Waals surface area contributed by atoms with Crippen molar-refractivity contribution in [3.63, 3.8) is 0 Å². The second kappa shape index (κ2) is 8.78. The van der Waals surface area contributed by atoms with Crippen LogP contribution in [0.25, 0.3) is 0 Å². The highest BCUT2D eigenvalue weighted by Gasteiger charge is 2.25. The molecule has 1 heterocycles. The number of carbonyl (C=O) groups excluding carboxylic acids is 1. The van der Waals surface area contributed by atoms with Crippen LogP contribution in [0, 0.1) is 0 Å². The molecule has 1 aliphatic rings. The lowest BCUT2D eigenvalue weighted by atomic mass is 10.2. The van der Waals surface area contributed by atoms with Gasteiger partial charge >= 0.3 is 6.03 Å². The Morgan fingerprint density at radius 3 is 2.62 bits per heavy atom. The van der Waals surface area contributed by atoms with Crippen LogP contribution in [0.3, 0.4) is 0 Å². The van der Waals surface area contributed by atoms with E-state index in [4.69, 9.17) is 14.2 Å². The summed E-state index contributed by atoms with van der Waals surface area (Å²) in [6.07, 6.45) is 1.07. The van der Waals surface area contributed by atoms with Gasteiger partial charge < -0.3 is 24.4 Å². The largest absolute Gasteiger partial charge is 0.493 e. The maximum absolute atomic E-state index is 12.3. The molecule has 1 fully saturated rings. The zero-order chi connectivity index (χ0) is 17.5. The van der Waals surface area contributed by atoms with E-state index in [2.05, 4.69) is 12.2 Å². The molecule has 0 radical (unpaired) electrons. The van der Waals surface area contributed by atoms with Crippen LogP contribution in [0.4, 0.5) is 4.79 Å². The van der Waals surface area contributed by atoms with Crippen molar-refractivity contribution < 1.29 is 19.0 Å². The Morgan fingerprint density at radius 1 is 1.29 bits per heavy atom. The van der Waals surface area contributed by atoms with Crippen LogP contribution >= 0.6 is 0 Å². The molecule has 0 saturated carbocycles. The van der Waals surface area contributed by atoms with Gasteiger partial charge in [0.05, 0.1) is 25.9 Å². The van der Waals surface area contributed by atoms with Crippen molar-refractivity contribution in [1.29, 1.82) is 0 Å². The number of benzene rings is 1. The first-order valence-electron chi connectivity index (χ1n) is 8.51. The number of methoxy groups -OCH3 is 1. The number of urea groups is 1. The van der Waals surface area contributed by atoms with Crippen molar-refractivity contribution in [2.45, 2.75) is 45.9 Å². The molecule has 1 aliphatic heterocycles. The number of carbonyl (C=O) groups is 1. The van der Waals surface area contributed by atoms with Crippen molar-refractivity contribution in [3.8, 4) is 11.5 Å². The van der Waals surface area contributed by atoms with Gasteiger partial charge in [0.2, 0.25) is 0 Å². The fourth-order valence-corrected chi connectivity index (χ4v) is 2.79. The summed E-state index contributed by atoms with van der Waals surface area (Å²) < 4.78 is 16.7. The van der Waals surface area contributed by atoms with E-state index in [1.807, 2.05) is 32.0 Å². The topological polar surface area (TPSA) is 60.0 Å². The molecule has 1 aromatic carbocycles. The number of hydrogen-bond acceptors (Lipinski definition) is 4. The van der Waals surface area contributed by atoms with Crippen molar-refractivity contribution in [2.24, 2.45) is 0 Å². The molecule has 0 aliphatic carbocycles. The maximum Gasteiger partial charge on any atom is 0.317 e. The van der Waals surface area contributed by atoms with Gasteiger partial charge in [0.25, 0.3) is 0 Å². The predicted octanol–water partition coefficient (Wildman–Crippen LogP) is 2.80. The fraction of sp³-hybridized carbons (Fsp3) is 0.611. The molecule has 2 rings (SSSR count). The minimum absolute atomic E-state index is 0.0644. The zero-order valence-electron chi connectivity index (χ0n) is 15.0. The first-order valence-corrected chi connectivity index (χ1v) is 8.51. The van der Waals surface area contributed by atoms with E-state index in [0.29, 0.717) is 32.0 Å². The molecule has 1 aromatic rings. The summed E-state index contributed by atoms with van der Waals surface area (Å²) in [5, 5.41) is 2.96. The van der Waals surface area contributed by atoms with Gasteiger partial charge in [-0.05, 0) is 38.0 Å². The van der Waals surface area contributed by atoms with Gasteiger partial charge in [-0.25, -0.2) is 4.79 Å². The van der Waals surface area contributed by atoms with Crippen LogP contribution in [0.2, 0.25) is 0 Å². The molecular formula is C18H28N2O4. The second-order valence-electron chi connectivity index (χ2n) is 6.15. The number of morpholine rings is 1. The average Bonchev–Trinajstić information content (AvgIpc) is 2.57. The quantitative estimate of drug-likeness (QED) is 0.868. The minimum Gasteiger partial charge on any atom is -0.493 e. The number of ether oxygens (including phenoxy) is 3. The van der Waals surface area contributed by atoms with E-state index in [1.54, 1.807) is 12.0 Å². The van der Waals surface area contributed by atoms with E-state index >= 15 is 0 Å². The van der Waals surface area contributed by atoms with Crippen molar-refractivity contribution in [1.82, 2.24) is 10.2 Å². The first kappa shape index (κ1) is 18.4. The van der Waals surface area contributed by atoms with Gasteiger partial charge in [0.1, 0.15) is 0 Å². The molecular weight excluding hydrogens is 308 g/mol. The Balaban J connectivity index is 1.92. The van der Waals surface area contributed by atoms with Gasteiger partial charge in [-0.2, -0.15) is 0 Å². The lowest BCUT2D eigenvalue weighted by Gasteiger charge is -2.35. The first-order chi connectivity index (χ1) is 11.5. The molecule has 1 saturated heterocycles. The summed E-state index contributed by atoms with van der Waals surface area (Å²) in [7, 11) is 1.62. The number of nitrogens with zero attached hydrogens (tertiary/aromatic N) is 1. The summed E-state index contributed by atoms with van der Waals surface area (Å²) in [4.78, 5) is 14.1. The summed E-state index contributed by atoms with van der Waals surface area (Å²) in [5.74, 6) is 1.41. The summed E-state index contributed by atoms with van der Waals surface area (Å²) in [6.45, 7) is 8.35. The number of amides is 2. The van der Waals surface area contributed by atoms with Crippen LogP contribution in [0.5, 0.6) is 11.5 Å². The Morgan fingerprint density at radius 2 is 2.00 bits per heavy atom. The highest BCUT2D eigenvalue weighted by atomic mass is 16.5. The average molecular weight is 336 g/mol. The number of rotatable bonds is 6. The summed E-state index contributed by atoms with van der Waals surface area (Å²) >= 11 is 0. The van der Waals surface area contributed by atoms with Crippen LogP contribution in [0.15, 0.2) is 18.2 Å².